The second-order valence-corrected chi connectivity index (χ2v) is 5.27. The van der Waals surface area contributed by atoms with Gasteiger partial charge in [0, 0.05) is 18.1 Å². The van der Waals surface area contributed by atoms with Crippen LogP contribution in [-0.2, 0) is 11.3 Å². The number of fused-ring (bicyclic) bond motifs is 1. The number of morpholine rings is 1. The first-order valence-corrected chi connectivity index (χ1v) is 7.14. The lowest BCUT2D eigenvalue weighted by Crippen LogP contribution is -2.36. The molecule has 1 saturated heterocycles. The van der Waals surface area contributed by atoms with Gasteiger partial charge in [0.15, 0.2) is 0 Å². The van der Waals surface area contributed by atoms with Crippen LogP contribution in [0.4, 0.5) is 0 Å². The van der Waals surface area contributed by atoms with E-state index < -0.39 is 0 Å². The highest BCUT2D eigenvalue weighted by molar-refractivity contribution is 6.31. The average molecular weight is 280 g/mol. The van der Waals surface area contributed by atoms with Crippen molar-refractivity contribution in [2.24, 2.45) is 0 Å². The van der Waals surface area contributed by atoms with Crippen molar-refractivity contribution in [1.82, 2.24) is 14.9 Å². The molecule has 1 aromatic heterocycles. The Morgan fingerprint density at radius 1 is 1.53 bits per heavy atom. The Bertz CT molecular complexity index is 575. The molecule has 0 amide bonds. The highest BCUT2D eigenvalue weighted by atomic mass is 35.5. The summed E-state index contributed by atoms with van der Waals surface area (Å²) in [6, 6.07) is 6.07. The van der Waals surface area contributed by atoms with E-state index in [2.05, 4.69) is 16.8 Å². The number of nitrogens with one attached hydrogen (secondary N) is 1. The highest BCUT2D eigenvalue weighted by Crippen LogP contribution is 2.25. The number of halogens is 1. The van der Waals surface area contributed by atoms with Gasteiger partial charge >= 0.3 is 0 Å². The summed E-state index contributed by atoms with van der Waals surface area (Å²) < 4.78 is 7.82. The van der Waals surface area contributed by atoms with Crippen LogP contribution < -0.4 is 5.32 Å². The van der Waals surface area contributed by atoms with E-state index in [1.807, 2.05) is 18.2 Å². The topological polar surface area (TPSA) is 39.1 Å². The van der Waals surface area contributed by atoms with Crippen LogP contribution in [0.1, 0.15) is 25.2 Å². The summed E-state index contributed by atoms with van der Waals surface area (Å²) in [5.74, 6) is 1.05. The van der Waals surface area contributed by atoms with Crippen LogP contribution in [0.5, 0.6) is 0 Å². The zero-order valence-electron chi connectivity index (χ0n) is 11.0. The third kappa shape index (κ3) is 2.48. The molecule has 1 N–H and O–H groups in total. The van der Waals surface area contributed by atoms with Gasteiger partial charge in [-0.3, -0.25) is 0 Å². The zero-order chi connectivity index (χ0) is 13.2. The fourth-order valence-corrected chi connectivity index (χ4v) is 2.74. The smallest absolute Gasteiger partial charge is 0.129 e. The molecule has 1 aliphatic rings. The molecule has 0 spiro atoms. The van der Waals surface area contributed by atoms with Crippen molar-refractivity contribution < 1.29 is 4.74 Å². The maximum Gasteiger partial charge on any atom is 0.129 e. The van der Waals surface area contributed by atoms with Crippen molar-refractivity contribution >= 4 is 22.6 Å². The molecule has 19 heavy (non-hydrogen) atoms. The summed E-state index contributed by atoms with van der Waals surface area (Å²) in [5, 5.41) is 4.20. The number of ether oxygens (including phenoxy) is 1. The lowest BCUT2D eigenvalue weighted by molar-refractivity contribution is 0.0732. The number of benzene rings is 1. The van der Waals surface area contributed by atoms with Crippen molar-refractivity contribution in [3.8, 4) is 0 Å². The number of rotatable bonds is 3. The first-order valence-electron chi connectivity index (χ1n) is 6.76. The van der Waals surface area contributed by atoms with E-state index >= 15 is 0 Å². The summed E-state index contributed by atoms with van der Waals surface area (Å²) in [7, 11) is 0. The van der Waals surface area contributed by atoms with Gasteiger partial charge in [-0.2, -0.15) is 0 Å². The van der Waals surface area contributed by atoms with Gasteiger partial charge in [-0.25, -0.2) is 4.98 Å². The molecule has 0 bridgehead atoms. The highest BCUT2D eigenvalue weighted by Gasteiger charge is 2.22. The Morgan fingerprint density at radius 3 is 3.16 bits per heavy atom. The van der Waals surface area contributed by atoms with Gasteiger partial charge < -0.3 is 14.6 Å². The van der Waals surface area contributed by atoms with Crippen LogP contribution in [-0.4, -0.2) is 29.3 Å². The maximum absolute atomic E-state index is 6.05. The summed E-state index contributed by atoms with van der Waals surface area (Å²) in [5.41, 5.74) is 2.11. The third-order valence-electron chi connectivity index (χ3n) is 3.42. The molecule has 0 aliphatic carbocycles. The number of aromatic nitrogens is 2. The molecule has 1 aromatic carbocycles. The van der Waals surface area contributed by atoms with Crippen LogP contribution in [0.2, 0.25) is 5.02 Å². The number of aryl methyl sites for hydroxylation is 1. The average Bonchev–Trinajstić information content (AvgIpc) is 2.78. The Balaban J connectivity index is 2.08. The second kappa shape index (κ2) is 5.49. The minimum absolute atomic E-state index is 0.173. The molecular formula is C14H18ClN3O. The van der Waals surface area contributed by atoms with E-state index in [1.54, 1.807) is 0 Å². The van der Waals surface area contributed by atoms with Gasteiger partial charge in [0.2, 0.25) is 0 Å². The SMILES string of the molecule is CCCn1c(C2COCCN2)nc2cc(Cl)ccc21. The zero-order valence-corrected chi connectivity index (χ0v) is 11.8. The molecule has 1 unspecified atom stereocenters. The summed E-state index contributed by atoms with van der Waals surface area (Å²) in [6.07, 6.45) is 1.08. The van der Waals surface area contributed by atoms with Crippen LogP contribution in [0.25, 0.3) is 11.0 Å². The van der Waals surface area contributed by atoms with Crippen molar-refractivity contribution in [2.45, 2.75) is 25.9 Å². The first-order chi connectivity index (χ1) is 9.29. The van der Waals surface area contributed by atoms with E-state index in [0.717, 1.165) is 48.0 Å². The lowest BCUT2D eigenvalue weighted by atomic mass is 10.2. The summed E-state index contributed by atoms with van der Waals surface area (Å²) >= 11 is 6.05. The Morgan fingerprint density at radius 2 is 2.42 bits per heavy atom. The number of hydrogen-bond acceptors (Lipinski definition) is 3. The number of nitrogens with zero attached hydrogens (tertiary/aromatic N) is 2. The molecule has 2 heterocycles. The van der Waals surface area contributed by atoms with Crippen molar-refractivity contribution in [3.63, 3.8) is 0 Å². The van der Waals surface area contributed by atoms with Crippen LogP contribution in [0, 0.1) is 0 Å². The van der Waals surface area contributed by atoms with Crippen LogP contribution >= 0.6 is 11.6 Å². The molecule has 102 valence electrons. The molecule has 4 nitrogen and oxygen atoms in total. The van der Waals surface area contributed by atoms with Crippen molar-refractivity contribution in [2.75, 3.05) is 19.8 Å². The minimum Gasteiger partial charge on any atom is -0.378 e. The van der Waals surface area contributed by atoms with E-state index in [1.165, 1.54) is 0 Å². The van der Waals surface area contributed by atoms with E-state index in [-0.39, 0.29) is 6.04 Å². The molecule has 1 fully saturated rings. The van der Waals surface area contributed by atoms with Gasteiger partial charge in [0.25, 0.3) is 0 Å². The molecule has 0 saturated carbocycles. The Kier molecular flexibility index (Phi) is 3.73. The van der Waals surface area contributed by atoms with Gasteiger partial charge in [-0.1, -0.05) is 18.5 Å². The van der Waals surface area contributed by atoms with Gasteiger partial charge in [0.1, 0.15) is 5.82 Å². The number of imidazole rings is 1. The molecule has 5 heteroatoms. The molecule has 2 aromatic rings. The quantitative estimate of drug-likeness (QED) is 0.939. The predicted molar refractivity (Wildman–Crippen MR) is 76.6 cm³/mol. The van der Waals surface area contributed by atoms with Gasteiger partial charge in [0.05, 0.1) is 30.3 Å². The fraction of sp³-hybridized carbons (Fsp3) is 0.500. The van der Waals surface area contributed by atoms with E-state index in [4.69, 9.17) is 21.3 Å². The largest absolute Gasteiger partial charge is 0.378 e. The van der Waals surface area contributed by atoms with Gasteiger partial charge in [-0.05, 0) is 24.6 Å². The monoisotopic (exact) mass is 279 g/mol. The maximum atomic E-state index is 6.05. The van der Waals surface area contributed by atoms with Crippen molar-refractivity contribution in [3.05, 3.63) is 29.0 Å². The van der Waals surface area contributed by atoms with E-state index in [0.29, 0.717) is 6.61 Å². The van der Waals surface area contributed by atoms with Crippen molar-refractivity contribution in [1.29, 1.82) is 0 Å². The summed E-state index contributed by atoms with van der Waals surface area (Å²) in [4.78, 5) is 4.75. The Labute approximate surface area is 117 Å². The second-order valence-electron chi connectivity index (χ2n) is 4.84. The van der Waals surface area contributed by atoms with Crippen LogP contribution in [0.3, 0.4) is 0 Å². The standard InChI is InChI=1S/C14H18ClN3O/c1-2-6-18-13-4-3-10(15)8-11(13)17-14(18)12-9-19-7-5-16-12/h3-4,8,12,16H,2,5-7,9H2,1H3. The molecule has 1 aliphatic heterocycles. The third-order valence-corrected chi connectivity index (χ3v) is 3.66. The predicted octanol–water partition coefficient (Wildman–Crippen LogP) is 2.76. The molecule has 3 rings (SSSR count). The van der Waals surface area contributed by atoms with Gasteiger partial charge in [-0.15, -0.1) is 0 Å². The molecular weight excluding hydrogens is 262 g/mol. The minimum atomic E-state index is 0.173. The summed E-state index contributed by atoms with van der Waals surface area (Å²) in [6.45, 7) is 5.47. The van der Waals surface area contributed by atoms with Crippen LogP contribution in [0.15, 0.2) is 18.2 Å². The fourth-order valence-electron chi connectivity index (χ4n) is 2.58. The lowest BCUT2D eigenvalue weighted by Gasteiger charge is -2.24. The number of hydrogen-bond donors (Lipinski definition) is 1. The molecule has 1 atom stereocenters. The molecule has 0 radical (unpaired) electrons. The Hall–Kier alpha value is -1.10. The first kappa shape index (κ1) is 12.9. The van der Waals surface area contributed by atoms with E-state index in [9.17, 15) is 0 Å². The normalized spacial score (nSPS) is 20.0.